The Labute approximate surface area is 241 Å². The van der Waals surface area contributed by atoms with Gasteiger partial charge in [-0.1, -0.05) is 84.4 Å². The molecule has 1 atom stereocenters. The highest BCUT2D eigenvalue weighted by molar-refractivity contribution is 8.00. The fraction of sp³-hybridized carbons (Fsp3) is 0.0938. The van der Waals surface area contributed by atoms with E-state index in [1.807, 2.05) is 109 Å². The summed E-state index contributed by atoms with van der Waals surface area (Å²) in [7, 11) is 0. The lowest BCUT2D eigenvalue weighted by atomic mass is 10.1. The minimum absolute atomic E-state index is 0.102. The lowest BCUT2D eigenvalue weighted by Gasteiger charge is -2.17. The summed E-state index contributed by atoms with van der Waals surface area (Å²) in [5.74, 6) is 0.188. The van der Waals surface area contributed by atoms with Crippen LogP contribution in [0.2, 0.25) is 0 Å². The van der Waals surface area contributed by atoms with Crippen LogP contribution in [0.5, 0.6) is 5.75 Å². The van der Waals surface area contributed by atoms with Crippen molar-refractivity contribution in [2.24, 2.45) is 0 Å². The zero-order chi connectivity index (χ0) is 27.7. The van der Waals surface area contributed by atoms with Crippen molar-refractivity contribution in [3.63, 3.8) is 0 Å². The van der Waals surface area contributed by atoms with Crippen LogP contribution in [0.25, 0.3) is 11.3 Å². The summed E-state index contributed by atoms with van der Waals surface area (Å²) < 4.78 is 5.54. The molecule has 5 rings (SSSR count). The summed E-state index contributed by atoms with van der Waals surface area (Å²) >= 11 is 2.80. The van der Waals surface area contributed by atoms with Crippen molar-refractivity contribution in [1.82, 2.24) is 4.98 Å². The molecule has 6 nitrogen and oxygen atoms in total. The van der Waals surface area contributed by atoms with E-state index in [4.69, 9.17) is 4.74 Å². The number of aryl methyl sites for hydroxylation is 1. The van der Waals surface area contributed by atoms with Crippen molar-refractivity contribution in [2.45, 2.75) is 17.1 Å². The minimum atomic E-state index is -0.528. The fourth-order valence-corrected chi connectivity index (χ4v) is 5.71. The molecule has 40 heavy (non-hydrogen) atoms. The molecule has 2 amide bonds. The van der Waals surface area contributed by atoms with Gasteiger partial charge < -0.3 is 15.4 Å². The average Bonchev–Trinajstić information content (AvgIpc) is 3.44. The van der Waals surface area contributed by atoms with Gasteiger partial charge in [0.15, 0.2) is 11.7 Å². The Kier molecular flexibility index (Phi) is 8.90. The van der Waals surface area contributed by atoms with Gasteiger partial charge in [-0.25, -0.2) is 4.98 Å². The molecule has 200 valence electrons. The molecular weight excluding hydrogens is 539 g/mol. The summed E-state index contributed by atoms with van der Waals surface area (Å²) in [5.41, 5.74) is 4.50. The van der Waals surface area contributed by atoms with Crippen LogP contribution in [-0.2, 0) is 9.59 Å². The first kappa shape index (κ1) is 27.2. The van der Waals surface area contributed by atoms with E-state index < -0.39 is 5.25 Å². The molecule has 2 N–H and O–H groups in total. The van der Waals surface area contributed by atoms with Gasteiger partial charge in [0.1, 0.15) is 11.0 Å². The third-order valence-electron chi connectivity index (χ3n) is 5.91. The van der Waals surface area contributed by atoms with Gasteiger partial charge in [-0.15, -0.1) is 23.1 Å². The number of hydrogen-bond acceptors (Lipinski definition) is 6. The molecule has 0 fully saturated rings. The second-order valence-corrected chi connectivity index (χ2v) is 11.0. The Bertz CT molecular complexity index is 1570. The molecule has 0 spiro atoms. The van der Waals surface area contributed by atoms with E-state index in [0.717, 1.165) is 21.7 Å². The number of benzene rings is 4. The van der Waals surface area contributed by atoms with Crippen LogP contribution in [0.3, 0.4) is 0 Å². The average molecular weight is 566 g/mol. The van der Waals surface area contributed by atoms with Crippen LogP contribution in [0.1, 0.15) is 16.4 Å². The Morgan fingerprint density at radius 1 is 0.875 bits per heavy atom. The van der Waals surface area contributed by atoms with Gasteiger partial charge in [0.25, 0.3) is 5.91 Å². The summed E-state index contributed by atoms with van der Waals surface area (Å²) in [5, 5.41) is 7.83. The Hall–Kier alpha value is -4.40. The van der Waals surface area contributed by atoms with Crippen LogP contribution in [0.4, 0.5) is 10.8 Å². The molecule has 0 aliphatic carbocycles. The number of anilines is 2. The highest BCUT2D eigenvalue weighted by atomic mass is 32.2. The van der Waals surface area contributed by atoms with E-state index >= 15 is 0 Å². The maximum atomic E-state index is 13.5. The number of aromatic nitrogens is 1. The predicted octanol–water partition coefficient (Wildman–Crippen LogP) is 7.61. The largest absolute Gasteiger partial charge is 0.484 e. The zero-order valence-electron chi connectivity index (χ0n) is 21.7. The predicted molar refractivity (Wildman–Crippen MR) is 163 cm³/mol. The van der Waals surface area contributed by atoms with Crippen LogP contribution in [-0.4, -0.2) is 23.4 Å². The number of amides is 2. The number of carbonyl (C=O) groups is 2. The van der Waals surface area contributed by atoms with Crippen LogP contribution in [0, 0.1) is 6.92 Å². The monoisotopic (exact) mass is 565 g/mol. The van der Waals surface area contributed by atoms with Gasteiger partial charge in [-0.3, -0.25) is 9.59 Å². The smallest absolute Gasteiger partial charge is 0.262 e. The summed E-state index contributed by atoms with van der Waals surface area (Å²) in [6.07, 6.45) is 0. The van der Waals surface area contributed by atoms with Crippen LogP contribution >= 0.6 is 23.1 Å². The Morgan fingerprint density at radius 2 is 1.60 bits per heavy atom. The van der Waals surface area contributed by atoms with E-state index in [1.54, 1.807) is 12.1 Å². The van der Waals surface area contributed by atoms with E-state index in [-0.39, 0.29) is 18.4 Å². The first-order valence-electron chi connectivity index (χ1n) is 12.7. The molecule has 1 unspecified atom stereocenters. The second-order valence-electron chi connectivity index (χ2n) is 8.98. The van der Waals surface area contributed by atoms with E-state index in [9.17, 15) is 9.59 Å². The minimum Gasteiger partial charge on any atom is -0.484 e. The number of nitrogens with one attached hydrogen (secondary N) is 2. The molecule has 8 heteroatoms. The van der Waals surface area contributed by atoms with E-state index in [2.05, 4.69) is 15.6 Å². The molecule has 0 radical (unpaired) electrons. The number of thiazole rings is 1. The molecule has 0 aliphatic rings. The van der Waals surface area contributed by atoms with Crippen molar-refractivity contribution in [2.75, 3.05) is 17.2 Å². The topological polar surface area (TPSA) is 80.3 Å². The SMILES string of the molecule is Cc1ccc(-c2csc(NC(=O)C(Sc3cccc(NC(=O)COc4ccccc4)c3)c3ccccc3)n2)cc1. The third-order valence-corrected chi connectivity index (χ3v) is 7.91. The molecule has 1 aromatic heterocycles. The van der Waals surface area contributed by atoms with Gasteiger partial charge in [-0.05, 0) is 42.8 Å². The summed E-state index contributed by atoms with van der Waals surface area (Å²) in [6.45, 7) is 1.94. The quantitative estimate of drug-likeness (QED) is 0.170. The van der Waals surface area contributed by atoms with Gasteiger partial charge in [0.2, 0.25) is 5.91 Å². The van der Waals surface area contributed by atoms with Crippen molar-refractivity contribution in [3.05, 3.63) is 126 Å². The van der Waals surface area contributed by atoms with Crippen molar-refractivity contribution in [1.29, 1.82) is 0 Å². The maximum absolute atomic E-state index is 13.5. The molecule has 1 heterocycles. The number of thioether (sulfide) groups is 1. The number of nitrogens with zero attached hydrogens (tertiary/aromatic N) is 1. The molecule has 0 aliphatic heterocycles. The number of hydrogen-bond donors (Lipinski definition) is 2. The van der Waals surface area contributed by atoms with Crippen LogP contribution < -0.4 is 15.4 Å². The standard InChI is InChI=1S/C32H27N3O3S2/c1-22-15-17-23(18-16-22)28-21-39-32(34-28)35-31(37)30(24-9-4-2-5-10-24)40-27-14-8-11-25(19-27)33-29(36)20-38-26-12-6-3-7-13-26/h2-19,21,30H,20H2,1H3,(H,33,36)(H,34,35,37). The molecule has 0 saturated heterocycles. The maximum Gasteiger partial charge on any atom is 0.262 e. The van der Waals surface area contributed by atoms with Crippen LogP contribution in [0.15, 0.2) is 119 Å². The molecule has 4 aromatic carbocycles. The normalized spacial score (nSPS) is 11.4. The third kappa shape index (κ3) is 7.37. The Balaban J connectivity index is 1.27. The van der Waals surface area contributed by atoms with Crippen molar-refractivity contribution < 1.29 is 14.3 Å². The lowest BCUT2D eigenvalue weighted by molar-refractivity contribution is -0.118. The molecule has 5 aromatic rings. The Morgan fingerprint density at radius 3 is 2.35 bits per heavy atom. The first-order chi connectivity index (χ1) is 19.5. The molecule has 0 saturated carbocycles. The van der Waals surface area contributed by atoms with E-state index in [1.165, 1.54) is 28.7 Å². The summed E-state index contributed by atoms with van der Waals surface area (Å²) in [4.78, 5) is 31.5. The van der Waals surface area contributed by atoms with Gasteiger partial charge in [0, 0.05) is 21.5 Å². The van der Waals surface area contributed by atoms with Gasteiger partial charge in [-0.2, -0.15) is 0 Å². The molecule has 0 bridgehead atoms. The fourth-order valence-electron chi connectivity index (χ4n) is 3.91. The number of carbonyl (C=O) groups excluding carboxylic acids is 2. The zero-order valence-corrected chi connectivity index (χ0v) is 23.4. The van der Waals surface area contributed by atoms with Gasteiger partial charge >= 0.3 is 0 Å². The van der Waals surface area contributed by atoms with Crippen molar-refractivity contribution >= 4 is 45.7 Å². The second kappa shape index (κ2) is 13.1. The van der Waals surface area contributed by atoms with Gasteiger partial charge in [0.05, 0.1) is 5.69 Å². The number of rotatable bonds is 10. The van der Waals surface area contributed by atoms with Crippen molar-refractivity contribution in [3.8, 4) is 17.0 Å². The number of para-hydroxylation sites is 1. The molecular formula is C32H27N3O3S2. The van der Waals surface area contributed by atoms with E-state index in [0.29, 0.717) is 16.6 Å². The highest BCUT2D eigenvalue weighted by Crippen LogP contribution is 2.37. The first-order valence-corrected chi connectivity index (χ1v) is 14.4. The summed E-state index contributed by atoms with van der Waals surface area (Å²) in [6, 6.07) is 34.4. The number of ether oxygens (including phenoxy) is 1. The lowest BCUT2D eigenvalue weighted by Crippen LogP contribution is -2.20. The highest BCUT2D eigenvalue weighted by Gasteiger charge is 2.23.